The van der Waals surface area contributed by atoms with Crippen LogP contribution < -0.4 is 10.1 Å². The Bertz CT molecular complexity index is 505. The molecular weight excluding hydrogens is 236 g/mol. The SMILES string of the molecule is CCC(C)Nc1ccc(-c2ccc(OC)cn2)cc1. The van der Waals surface area contributed by atoms with E-state index in [1.165, 1.54) is 0 Å². The van der Waals surface area contributed by atoms with E-state index in [4.69, 9.17) is 4.74 Å². The molecule has 100 valence electrons. The van der Waals surface area contributed by atoms with Crippen LogP contribution in [0.2, 0.25) is 0 Å². The van der Waals surface area contributed by atoms with Crippen LogP contribution in [-0.2, 0) is 0 Å². The van der Waals surface area contributed by atoms with Gasteiger partial charge in [-0.15, -0.1) is 0 Å². The number of nitrogens with zero attached hydrogens (tertiary/aromatic N) is 1. The van der Waals surface area contributed by atoms with Gasteiger partial charge in [0.2, 0.25) is 0 Å². The fourth-order valence-electron chi connectivity index (χ4n) is 1.80. The van der Waals surface area contributed by atoms with E-state index in [1.807, 2.05) is 12.1 Å². The van der Waals surface area contributed by atoms with Gasteiger partial charge in [-0.3, -0.25) is 4.98 Å². The van der Waals surface area contributed by atoms with E-state index in [2.05, 4.69) is 48.4 Å². The fourth-order valence-corrected chi connectivity index (χ4v) is 1.80. The van der Waals surface area contributed by atoms with Crippen LogP contribution >= 0.6 is 0 Å². The molecule has 3 nitrogen and oxygen atoms in total. The number of hydrogen-bond acceptors (Lipinski definition) is 3. The molecule has 1 aromatic heterocycles. The van der Waals surface area contributed by atoms with E-state index in [-0.39, 0.29) is 0 Å². The molecule has 0 spiro atoms. The smallest absolute Gasteiger partial charge is 0.137 e. The zero-order valence-corrected chi connectivity index (χ0v) is 11.7. The van der Waals surface area contributed by atoms with Crippen LogP contribution in [0.1, 0.15) is 20.3 Å². The largest absolute Gasteiger partial charge is 0.495 e. The summed E-state index contributed by atoms with van der Waals surface area (Å²) in [6, 6.07) is 12.7. The molecule has 19 heavy (non-hydrogen) atoms. The van der Waals surface area contributed by atoms with E-state index >= 15 is 0 Å². The number of aromatic nitrogens is 1. The summed E-state index contributed by atoms with van der Waals surface area (Å²) in [5.41, 5.74) is 3.21. The molecule has 0 fully saturated rings. The van der Waals surface area contributed by atoms with Gasteiger partial charge in [0.05, 0.1) is 19.0 Å². The second-order valence-electron chi connectivity index (χ2n) is 4.61. The van der Waals surface area contributed by atoms with Gasteiger partial charge < -0.3 is 10.1 Å². The van der Waals surface area contributed by atoms with Crippen LogP contribution in [0, 0.1) is 0 Å². The van der Waals surface area contributed by atoms with Crippen molar-refractivity contribution >= 4 is 5.69 Å². The summed E-state index contributed by atoms with van der Waals surface area (Å²) in [5.74, 6) is 0.777. The quantitative estimate of drug-likeness (QED) is 0.879. The molecule has 0 aliphatic carbocycles. The summed E-state index contributed by atoms with van der Waals surface area (Å²) in [5, 5.41) is 3.45. The van der Waals surface area contributed by atoms with Gasteiger partial charge in [-0.05, 0) is 37.6 Å². The Morgan fingerprint density at radius 1 is 1.16 bits per heavy atom. The van der Waals surface area contributed by atoms with Gasteiger partial charge in [-0.25, -0.2) is 0 Å². The molecule has 1 heterocycles. The Kier molecular flexibility index (Phi) is 4.39. The number of methoxy groups -OCH3 is 1. The van der Waals surface area contributed by atoms with E-state index in [0.29, 0.717) is 6.04 Å². The molecule has 2 rings (SSSR count). The van der Waals surface area contributed by atoms with Gasteiger partial charge in [0.25, 0.3) is 0 Å². The zero-order valence-electron chi connectivity index (χ0n) is 11.7. The van der Waals surface area contributed by atoms with E-state index in [0.717, 1.165) is 29.1 Å². The molecule has 0 saturated carbocycles. The van der Waals surface area contributed by atoms with Crippen molar-refractivity contribution in [3.8, 4) is 17.0 Å². The Morgan fingerprint density at radius 2 is 1.89 bits per heavy atom. The number of nitrogens with one attached hydrogen (secondary N) is 1. The van der Waals surface area contributed by atoms with Crippen molar-refractivity contribution < 1.29 is 4.74 Å². The van der Waals surface area contributed by atoms with Crippen LogP contribution in [0.5, 0.6) is 5.75 Å². The number of rotatable bonds is 5. The molecule has 0 aliphatic heterocycles. The molecule has 1 aromatic carbocycles. The summed E-state index contributed by atoms with van der Waals surface area (Å²) in [6.07, 6.45) is 2.85. The van der Waals surface area contributed by atoms with Crippen molar-refractivity contribution in [3.63, 3.8) is 0 Å². The Morgan fingerprint density at radius 3 is 2.42 bits per heavy atom. The number of hydrogen-bond donors (Lipinski definition) is 1. The van der Waals surface area contributed by atoms with Crippen molar-refractivity contribution in [2.75, 3.05) is 12.4 Å². The maximum atomic E-state index is 5.11. The number of ether oxygens (including phenoxy) is 1. The van der Waals surface area contributed by atoms with E-state index in [9.17, 15) is 0 Å². The molecule has 1 atom stereocenters. The number of anilines is 1. The average Bonchev–Trinajstić information content (AvgIpc) is 2.48. The van der Waals surface area contributed by atoms with Crippen LogP contribution in [0.4, 0.5) is 5.69 Å². The first kappa shape index (κ1) is 13.4. The zero-order chi connectivity index (χ0) is 13.7. The third-order valence-corrected chi connectivity index (χ3v) is 3.18. The lowest BCUT2D eigenvalue weighted by atomic mass is 10.1. The fraction of sp³-hybridized carbons (Fsp3) is 0.312. The minimum atomic E-state index is 0.491. The molecule has 0 aliphatic rings. The van der Waals surface area contributed by atoms with Crippen molar-refractivity contribution in [1.29, 1.82) is 0 Å². The molecule has 0 amide bonds. The highest BCUT2D eigenvalue weighted by molar-refractivity contribution is 5.63. The lowest BCUT2D eigenvalue weighted by molar-refractivity contribution is 0.413. The van der Waals surface area contributed by atoms with Crippen LogP contribution in [0.25, 0.3) is 11.3 Å². The number of pyridine rings is 1. The standard InChI is InChI=1S/C16H20N2O/c1-4-12(2)18-14-7-5-13(6-8-14)16-10-9-15(19-3)11-17-16/h5-12,18H,4H2,1-3H3. The van der Waals surface area contributed by atoms with Gasteiger partial charge in [-0.1, -0.05) is 19.1 Å². The van der Waals surface area contributed by atoms with E-state index in [1.54, 1.807) is 13.3 Å². The van der Waals surface area contributed by atoms with Crippen LogP contribution in [0.3, 0.4) is 0 Å². The summed E-state index contributed by atoms with van der Waals surface area (Å²) in [4.78, 5) is 4.38. The molecule has 0 bridgehead atoms. The van der Waals surface area contributed by atoms with Crippen LogP contribution in [0.15, 0.2) is 42.6 Å². The average molecular weight is 256 g/mol. The monoisotopic (exact) mass is 256 g/mol. The van der Waals surface area contributed by atoms with Gasteiger partial charge in [-0.2, -0.15) is 0 Å². The Hall–Kier alpha value is -2.03. The third kappa shape index (κ3) is 3.47. The lowest BCUT2D eigenvalue weighted by Gasteiger charge is -2.13. The Balaban J connectivity index is 2.12. The van der Waals surface area contributed by atoms with Crippen molar-refractivity contribution in [3.05, 3.63) is 42.6 Å². The molecule has 1 N–H and O–H groups in total. The van der Waals surface area contributed by atoms with Gasteiger partial charge in [0.15, 0.2) is 0 Å². The predicted molar refractivity (Wildman–Crippen MR) is 79.6 cm³/mol. The highest BCUT2D eigenvalue weighted by Gasteiger charge is 2.02. The predicted octanol–water partition coefficient (Wildman–Crippen LogP) is 3.97. The van der Waals surface area contributed by atoms with Crippen molar-refractivity contribution in [2.45, 2.75) is 26.3 Å². The minimum Gasteiger partial charge on any atom is -0.495 e. The first-order chi connectivity index (χ1) is 9.22. The van der Waals surface area contributed by atoms with Gasteiger partial charge in [0, 0.05) is 17.3 Å². The highest BCUT2D eigenvalue weighted by Crippen LogP contribution is 2.21. The minimum absolute atomic E-state index is 0.491. The molecule has 1 unspecified atom stereocenters. The molecule has 3 heteroatoms. The summed E-state index contributed by atoms with van der Waals surface area (Å²) in [7, 11) is 1.64. The molecule has 0 saturated heterocycles. The second kappa shape index (κ2) is 6.23. The van der Waals surface area contributed by atoms with Gasteiger partial charge >= 0.3 is 0 Å². The Labute approximate surface area is 114 Å². The van der Waals surface area contributed by atoms with Crippen molar-refractivity contribution in [2.24, 2.45) is 0 Å². The lowest BCUT2D eigenvalue weighted by Crippen LogP contribution is -2.12. The summed E-state index contributed by atoms with van der Waals surface area (Å²) >= 11 is 0. The molecular formula is C16H20N2O. The topological polar surface area (TPSA) is 34.1 Å². The van der Waals surface area contributed by atoms with Crippen molar-refractivity contribution in [1.82, 2.24) is 4.98 Å². The first-order valence-corrected chi connectivity index (χ1v) is 6.60. The normalized spacial score (nSPS) is 11.9. The maximum Gasteiger partial charge on any atom is 0.137 e. The number of benzene rings is 1. The van der Waals surface area contributed by atoms with Gasteiger partial charge in [0.1, 0.15) is 5.75 Å². The highest BCUT2D eigenvalue weighted by atomic mass is 16.5. The third-order valence-electron chi connectivity index (χ3n) is 3.18. The maximum absolute atomic E-state index is 5.11. The molecule has 2 aromatic rings. The van der Waals surface area contributed by atoms with Crippen LogP contribution in [-0.4, -0.2) is 18.1 Å². The van der Waals surface area contributed by atoms with E-state index < -0.39 is 0 Å². The summed E-state index contributed by atoms with van der Waals surface area (Å²) in [6.45, 7) is 4.35. The summed E-state index contributed by atoms with van der Waals surface area (Å²) < 4.78 is 5.11. The second-order valence-corrected chi connectivity index (χ2v) is 4.61. The molecule has 0 radical (unpaired) electrons. The first-order valence-electron chi connectivity index (χ1n) is 6.60.